The van der Waals surface area contributed by atoms with Crippen molar-refractivity contribution in [2.45, 2.75) is 26.7 Å². The van der Waals surface area contributed by atoms with E-state index >= 15 is 0 Å². The Kier molecular flexibility index (Phi) is 5.33. The summed E-state index contributed by atoms with van der Waals surface area (Å²) in [5, 5.41) is 6.93. The highest BCUT2D eigenvalue weighted by molar-refractivity contribution is 5.93. The van der Waals surface area contributed by atoms with E-state index in [1.54, 1.807) is 6.20 Å². The maximum absolute atomic E-state index is 12.5. The monoisotopic (exact) mass is 344 g/mol. The number of rotatable bonds is 5. The average molecular weight is 344 g/mol. The van der Waals surface area contributed by atoms with E-state index in [2.05, 4.69) is 20.4 Å². The molecule has 2 aromatic rings. The summed E-state index contributed by atoms with van der Waals surface area (Å²) in [6.45, 7) is 9.42. The Labute approximate surface area is 147 Å². The second kappa shape index (κ2) is 7.65. The van der Waals surface area contributed by atoms with Crippen LogP contribution in [0, 0.1) is 13.8 Å². The van der Waals surface area contributed by atoms with Gasteiger partial charge in [-0.25, -0.2) is 0 Å². The van der Waals surface area contributed by atoms with Gasteiger partial charge in [-0.2, -0.15) is 0 Å². The van der Waals surface area contributed by atoms with Crippen LogP contribution in [0.4, 0.5) is 5.69 Å². The minimum atomic E-state index is -0.172. The summed E-state index contributed by atoms with van der Waals surface area (Å²) in [6.07, 6.45) is 1.68. The Hall–Kier alpha value is -2.41. The Bertz CT molecular complexity index is 718. The van der Waals surface area contributed by atoms with E-state index in [1.807, 2.05) is 32.9 Å². The van der Waals surface area contributed by atoms with Crippen molar-refractivity contribution in [1.29, 1.82) is 0 Å². The zero-order chi connectivity index (χ0) is 17.8. The molecule has 0 spiro atoms. The van der Waals surface area contributed by atoms with Gasteiger partial charge in [-0.1, -0.05) is 12.1 Å². The van der Waals surface area contributed by atoms with Crippen molar-refractivity contribution in [2.24, 2.45) is 0 Å². The van der Waals surface area contributed by atoms with Gasteiger partial charge < -0.3 is 19.5 Å². The van der Waals surface area contributed by atoms with Gasteiger partial charge in [-0.05, 0) is 26.0 Å². The molecular weight excluding hydrogens is 320 g/mol. The van der Waals surface area contributed by atoms with Gasteiger partial charge in [0.25, 0.3) is 5.91 Å². The number of morpholine rings is 1. The molecule has 1 unspecified atom stereocenters. The third-order valence-corrected chi connectivity index (χ3v) is 4.50. The minimum Gasteiger partial charge on any atom is -0.378 e. The van der Waals surface area contributed by atoms with Crippen molar-refractivity contribution < 1.29 is 14.1 Å². The van der Waals surface area contributed by atoms with Crippen molar-refractivity contribution in [3.8, 4) is 0 Å². The van der Waals surface area contributed by atoms with Crippen LogP contribution in [0.15, 0.2) is 22.9 Å². The number of aryl methyl sites for hydroxylation is 2. The number of carbonyl (C=O) groups is 1. The first-order chi connectivity index (χ1) is 12.1. The molecule has 7 nitrogen and oxygen atoms in total. The van der Waals surface area contributed by atoms with E-state index in [1.165, 1.54) is 0 Å². The van der Waals surface area contributed by atoms with Crippen LogP contribution >= 0.6 is 0 Å². The number of hydrogen-bond donors (Lipinski definition) is 1. The highest BCUT2D eigenvalue weighted by Crippen LogP contribution is 2.22. The Balaban J connectivity index is 1.63. The van der Waals surface area contributed by atoms with E-state index in [9.17, 15) is 4.79 Å². The maximum Gasteiger partial charge on any atom is 0.269 e. The lowest BCUT2D eigenvalue weighted by Gasteiger charge is -2.28. The van der Waals surface area contributed by atoms with E-state index in [0.29, 0.717) is 25.5 Å². The molecule has 1 fully saturated rings. The quantitative estimate of drug-likeness (QED) is 0.894. The van der Waals surface area contributed by atoms with Crippen molar-refractivity contribution in [1.82, 2.24) is 15.5 Å². The fourth-order valence-corrected chi connectivity index (χ4v) is 3.19. The molecule has 3 heterocycles. The standard InChI is InChI=1S/C18H24N4O3/c1-12(17-13(2)21-25-14(17)3)11-20-18(23)16-10-15(4-5-19-16)22-6-8-24-9-7-22/h4-5,10,12H,6-9,11H2,1-3H3,(H,20,23). The topological polar surface area (TPSA) is 80.5 Å². The number of aromatic nitrogens is 2. The third kappa shape index (κ3) is 3.99. The first-order valence-corrected chi connectivity index (χ1v) is 8.56. The molecule has 0 saturated carbocycles. The Morgan fingerprint density at radius 2 is 2.12 bits per heavy atom. The van der Waals surface area contributed by atoms with E-state index in [0.717, 1.165) is 35.8 Å². The van der Waals surface area contributed by atoms with Crippen LogP contribution in [0.25, 0.3) is 0 Å². The normalized spacial score (nSPS) is 15.9. The van der Waals surface area contributed by atoms with Gasteiger partial charge in [0.05, 0.1) is 18.9 Å². The summed E-state index contributed by atoms with van der Waals surface area (Å²) in [7, 11) is 0. The molecule has 25 heavy (non-hydrogen) atoms. The molecule has 2 aromatic heterocycles. The molecule has 1 aliphatic heterocycles. The van der Waals surface area contributed by atoms with Crippen molar-refractivity contribution in [3.63, 3.8) is 0 Å². The highest BCUT2D eigenvalue weighted by Gasteiger charge is 2.18. The molecule has 1 N–H and O–H groups in total. The molecule has 7 heteroatoms. The zero-order valence-electron chi connectivity index (χ0n) is 14.9. The minimum absolute atomic E-state index is 0.123. The summed E-state index contributed by atoms with van der Waals surface area (Å²) >= 11 is 0. The largest absolute Gasteiger partial charge is 0.378 e. The fourth-order valence-electron chi connectivity index (χ4n) is 3.19. The number of anilines is 1. The number of amides is 1. The summed E-state index contributed by atoms with van der Waals surface area (Å²) in [6, 6.07) is 3.76. The second-order valence-electron chi connectivity index (χ2n) is 6.35. The number of hydrogen-bond acceptors (Lipinski definition) is 6. The van der Waals surface area contributed by atoms with Crippen LogP contribution in [0.1, 0.15) is 40.3 Å². The van der Waals surface area contributed by atoms with Crippen LogP contribution < -0.4 is 10.2 Å². The van der Waals surface area contributed by atoms with Crippen LogP contribution in [-0.2, 0) is 4.74 Å². The number of carbonyl (C=O) groups excluding carboxylic acids is 1. The number of ether oxygens (including phenoxy) is 1. The molecule has 1 saturated heterocycles. The molecular formula is C18H24N4O3. The summed E-state index contributed by atoms with van der Waals surface area (Å²) in [5.41, 5.74) is 3.35. The molecule has 0 bridgehead atoms. The Morgan fingerprint density at radius 3 is 2.80 bits per heavy atom. The molecule has 0 radical (unpaired) electrons. The fraction of sp³-hybridized carbons (Fsp3) is 0.500. The van der Waals surface area contributed by atoms with Gasteiger partial charge in [-0.15, -0.1) is 0 Å². The molecule has 0 aliphatic carbocycles. The van der Waals surface area contributed by atoms with E-state index in [-0.39, 0.29) is 11.8 Å². The highest BCUT2D eigenvalue weighted by atomic mass is 16.5. The molecule has 1 atom stereocenters. The maximum atomic E-state index is 12.5. The van der Waals surface area contributed by atoms with E-state index in [4.69, 9.17) is 9.26 Å². The smallest absolute Gasteiger partial charge is 0.269 e. The molecule has 3 rings (SSSR count). The van der Waals surface area contributed by atoms with Gasteiger partial charge >= 0.3 is 0 Å². The summed E-state index contributed by atoms with van der Waals surface area (Å²) in [4.78, 5) is 18.9. The lowest BCUT2D eigenvalue weighted by Crippen LogP contribution is -2.36. The molecule has 0 aromatic carbocycles. The van der Waals surface area contributed by atoms with Crippen LogP contribution in [0.2, 0.25) is 0 Å². The molecule has 1 amide bonds. The van der Waals surface area contributed by atoms with E-state index < -0.39 is 0 Å². The lowest BCUT2D eigenvalue weighted by atomic mass is 9.99. The Morgan fingerprint density at radius 1 is 1.36 bits per heavy atom. The second-order valence-corrected chi connectivity index (χ2v) is 6.35. The van der Waals surface area contributed by atoms with Crippen molar-refractivity contribution in [2.75, 3.05) is 37.7 Å². The predicted octanol–water partition coefficient (Wildman–Crippen LogP) is 2.06. The molecule has 1 aliphatic rings. The average Bonchev–Trinajstić information content (AvgIpc) is 2.99. The number of nitrogens with one attached hydrogen (secondary N) is 1. The van der Waals surface area contributed by atoms with Crippen molar-refractivity contribution >= 4 is 11.6 Å². The first-order valence-electron chi connectivity index (χ1n) is 8.56. The SMILES string of the molecule is Cc1noc(C)c1C(C)CNC(=O)c1cc(N2CCOCC2)ccn1. The van der Waals surface area contributed by atoms with Crippen molar-refractivity contribution in [3.05, 3.63) is 41.0 Å². The van der Waals surface area contributed by atoms with Gasteiger partial charge in [0.15, 0.2) is 0 Å². The first kappa shape index (κ1) is 17.4. The van der Waals surface area contributed by atoms with Crippen LogP contribution in [0.5, 0.6) is 0 Å². The van der Waals surface area contributed by atoms with Gasteiger partial charge in [0.2, 0.25) is 0 Å². The van der Waals surface area contributed by atoms with Gasteiger partial charge in [0.1, 0.15) is 11.5 Å². The summed E-state index contributed by atoms with van der Waals surface area (Å²) < 4.78 is 10.6. The van der Waals surface area contributed by atoms with Gasteiger partial charge in [0, 0.05) is 43.0 Å². The number of nitrogens with zero attached hydrogens (tertiary/aromatic N) is 3. The zero-order valence-corrected chi connectivity index (χ0v) is 14.9. The third-order valence-electron chi connectivity index (χ3n) is 4.50. The summed E-state index contributed by atoms with van der Waals surface area (Å²) in [5.74, 6) is 0.748. The predicted molar refractivity (Wildman–Crippen MR) is 94.0 cm³/mol. The van der Waals surface area contributed by atoms with Crippen LogP contribution in [0.3, 0.4) is 0 Å². The molecule has 134 valence electrons. The lowest BCUT2D eigenvalue weighted by molar-refractivity contribution is 0.0946. The number of pyridine rings is 1. The van der Waals surface area contributed by atoms with Gasteiger partial charge in [-0.3, -0.25) is 9.78 Å². The van der Waals surface area contributed by atoms with Crippen LogP contribution in [-0.4, -0.2) is 48.9 Å².